The molecule has 2 amide bonds. The summed E-state index contributed by atoms with van der Waals surface area (Å²) in [5.41, 5.74) is 1.10. The van der Waals surface area contributed by atoms with Crippen LogP contribution in [0.1, 0.15) is 18.5 Å². The van der Waals surface area contributed by atoms with Crippen molar-refractivity contribution in [3.05, 3.63) is 35.0 Å². The maximum atomic E-state index is 12.4. The van der Waals surface area contributed by atoms with Crippen molar-refractivity contribution < 1.29 is 23.8 Å². The molecule has 130 valence electrons. The van der Waals surface area contributed by atoms with Crippen LogP contribution in [0, 0.1) is 0 Å². The minimum atomic E-state index is -0.767. The SMILES string of the molecule is CCOC(=O)C1=C(CCl)NC(=O)NC1c1cccc(OC)c1OC. The number of allylic oxidation sites excluding steroid dienone is 1. The summed E-state index contributed by atoms with van der Waals surface area (Å²) in [5, 5.41) is 5.26. The lowest BCUT2D eigenvalue weighted by molar-refractivity contribution is -0.139. The van der Waals surface area contributed by atoms with Gasteiger partial charge in [0.2, 0.25) is 0 Å². The number of para-hydroxylation sites is 1. The van der Waals surface area contributed by atoms with Crippen LogP contribution in [-0.2, 0) is 9.53 Å². The third kappa shape index (κ3) is 3.41. The first-order valence-corrected chi connectivity index (χ1v) is 7.85. The monoisotopic (exact) mass is 354 g/mol. The van der Waals surface area contributed by atoms with E-state index in [4.69, 9.17) is 25.8 Å². The highest BCUT2D eigenvalue weighted by molar-refractivity contribution is 6.20. The Labute approximate surface area is 144 Å². The second-order valence-electron chi connectivity index (χ2n) is 4.86. The first-order chi connectivity index (χ1) is 11.6. The molecule has 1 aromatic rings. The van der Waals surface area contributed by atoms with E-state index in [0.29, 0.717) is 22.8 Å². The molecule has 8 heteroatoms. The molecule has 7 nitrogen and oxygen atoms in total. The third-order valence-electron chi connectivity index (χ3n) is 3.53. The minimum Gasteiger partial charge on any atom is -0.493 e. The fourth-order valence-electron chi connectivity index (χ4n) is 2.55. The maximum Gasteiger partial charge on any atom is 0.338 e. The zero-order valence-electron chi connectivity index (χ0n) is 13.6. The number of hydrogen-bond donors (Lipinski definition) is 2. The predicted octanol–water partition coefficient (Wildman–Crippen LogP) is 2.11. The number of benzene rings is 1. The third-order valence-corrected chi connectivity index (χ3v) is 3.79. The first kappa shape index (κ1) is 17.9. The predicted molar refractivity (Wildman–Crippen MR) is 88.3 cm³/mol. The van der Waals surface area contributed by atoms with Gasteiger partial charge in [-0.3, -0.25) is 0 Å². The molecular formula is C16H19ClN2O5. The number of alkyl halides is 1. The van der Waals surface area contributed by atoms with E-state index in [9.17, 15) is 9.59 Å². The summed E-state index contributed by atoms with van der Waals surface area (Å²) < 4.78 is 15.8. The van der Waals surface area contributed by atoms with E-state index in [1.54, 1.807) is 25.1 Å². The Kier molecular flexibility index (Phi) is 5.92. The number of urea groups is 1. The van der Waals surface area contributed by atoms with Crippen molar-refractivity contribution in [3.63, 3.8) is 0 Å². The van der Waals surface area contributed by atoms with Crippen LogP contribution in [0.5, 0.6) is 11.5 Å². The summed E-state index contributed by atoms with van der Waals surface area (Å²) >= 11 is 5.91. The second-order valence-corrected chi connectivity index (χ2v) is 5.13. The van der Waals surface area contributed by atoms with Gasteiger partial charge in [0.25, 0.3) is 0 Å². The Hall–Kier alpha value is -2.41. The zero-order chi connectivity index (χ0) is 17.7. The lowest BCUT2D eigenvalue weighted by Crippen LogP contribution is -2.46. The minimum absolute atomic E-state index is 0.0373. The van der Waals surface area contributed by atoms with Crippen molar-refractivity contribution in [2.75, 3.05) is 26.7 Å². The van der Waals surface area contributed by atoms with Gasteiger partial charge in [0.1, 0.15) is 0 Å². The molecule has 0 aliphatic carbocycles. The summed E-state index contributed by atoms with van der Waals surface area (Å²) in [6.07, 6.45) is 0. The molecule has 0 saturated heterocycles. The van der Waals surface area contributed by atoms with Crippen LogP contribution in [0.4, 0.5) is 4.79 Å². The molecule has 1 aromatic carbocycles. The smallest absolute Gasteiger partial charge is 0.338 e. The van der Waals surface area contributed by atoms with E-state index in [0.717, 1.165) is 0 Å². The fraction of sp³-hybridized carbons (Fsp3) is 0.375. The van der Waals surface area contributed by atoms with Crippen molar-refractivity contribution in [2.24, 2.45) is 0 Å². The molecular weight excluding hydrogens is 336 g/mol. The summed E-state index contributed by atoms with van der Waals surface area (Å²) in [4.78, 5) is 24.4. The van der Waals surface area contributed by atoms with Crippen molar-refractivity contribution in [2.45, 2.75) is 13.0 Å². The van der Waals surface area contributed by atoms with Gasteiger partial charge in [0.15, 0.2) is 11.5 Å². The van der Waals surface area contributed by atoms with Gasteiger partial charge in [0.05, 0.1) is 38.3 Å². The number of esters is 1. The normalized spacial score (nSPS) is 17.0. The second kappa shape index (κ2) is 7.92. The van der Waals surface area contributed by atoms with Crippen molar-refractivity contribution in [1.29, 1.82) is 0 Å². The van der Waals surface area contributed by atoms with Gasteiger partial charge in [-0.25, -0.2) is 9.59 Å². The van der Waals surface area contributed by atoms with Crippen LogP contribution in [0.3, 0.4) is 0 Å². The lowest BCUT2D eigenvalue weighted by Gasteiger charge is -2.29. The van der Waals surface area contributed by atoms with Crippen molar-refractivity contribution in [1.82, 2.24) is 10.6 Å². The molecule has 0 radical (unpaired) electrons. The number of carbonyl (C=O) groups excluding carboxylic acids is 2. The number of halogens is 1. The molecule has 1 unspecified atom stereocenters. The molecule has 24 heavy (non-hydrogen) atoms. The Morgan fingerprint density at radius 3 is 2.62 bits per heavy atom. The van der Waals surface area contributed by atoms with Crippen LogP contribution in [-0.4, -0.2) is 38.7 Å². The number of ether oxygens (including phenoxy) is 3. The molecule has 0 fully saturated rings. The molecule has 0 saturated carbocycles. The van der Waals surface area contributed by atoms with Gasteiger partial charge >= 0.3 is 12.0 Å². The van der Waals surface area contributed by atoms with Crippen LogP contribution in [0.2, 0.25) is 0 Å². The highest BCUT2D eigenvalue weighted by atomic mass is 35.5. The molecule has 1 atom stereocenters. The lowest BCUT2D eigenvalue weighted by atomic mass is 9.94. The van der Waals surface area contributed by atoms with Crippen LogP contribution >= 0.6 is 11.6 Å². The summed E-state index contributed by atoms with van der Waals surface area (Å²) in [6, 6.07) is 3.98. The summed E-state index contributed by atoms with van der Waals surface area (Å²) in [7, 11) is 3.00. The Morgan fingerprint density at radius 2 is 2.04 bits per heavy atom. The highest BCUT2D eigenvalue weighted by Crippen LogP contribution is 2.39. The largest absolute Gasteiger partial charge is 0.493 e. The molecule has 1 aliphatic heterocycles. The van der Waals surface area contributed by atoms with Crippen LogP contribution in [0.15, 0.2) is 29.5 Å². The number of methoxy groups -OCH3 is 2. The molecule has 2 N–H and O–H groups in total. The van der Waals surface area contributed by atoms with Gasteiger partial charge in [0, 0.05) is 11.3 Å². The van der Waals surface area contributed by atoms with Gasteiger partial charge < -0.3 is 24.8 Å². The van der Waals surface area contributed by atoms with Gasteiger partial charge in [-0.05, 0) is 13.0 Å². The number of carbonyl (C=O) groups is 2. The highest BCUT2D eigenvalue weighted by Gasteiger charge is 2.35. The Balaban J connectivity index is 2.61. The summed E-state index contributed by atoms with van der Waals surface area (Å²) in [6.45, 7) is 1.91. The number of nitrogens with one attached hydrogen (secondary N) is 2. The fourth-order valence-corrected chi connectivity index (χ4v) is 2.76. The quantitative estimate of drug-likeness (QED) is 0.603. The van der Waals surface area contributed by atoms with Crippen molar-refractivity contribution in [3.8, 4) is 11.5 Å². The van der Waals surface area contributed by atoms with Gasteiger partial charge in [-0.15, -0.1) is 11.6 Å². The van der Waals surface area contributed by atoms with Crippen LogP contribution in [0.25, 0.3) is 0 Å². The van der Waals surface area contributed by atoms with E-state index in [2.05, 4.69) is 10.6 Å². The first-order valence-electron chi connectivity index (χ1n) is 7.31. The number of rotatable bonds is 6. The van der Waals surface area contributed by atoms with Crippen molar-refractivity contribution >= 4 is 23.6 Å². The van der Waals surface area contributed by atoms with Gasteiger partial charge in [-0.1, -0.05) is 12.1 Å². The number of hydrogen-bond acceptors (Lipinski definition) is 5. The average Bonchev–Trinajstić information content (AvgIpc) is 2.59. The molecule has 1 heterocycles. The van der Waals surface area contributed by atoms with E-state index >= 15 is 0 Å². The molecule has 0 spiro atoms. The molecule has 1 aliphatic rings. The zero-order valence-corrected chi connectivity index (χ0v) is 14.4. The topological polar surface area (TPSA) is 85.9 Å². The average molecular weight is 355 g/mol. The standard InChI is InChI=1S/C16H19ClN2O5/c1-4-24-15(20)12-10(8-17)18-16(21)19-13(12)9-6-5-7-11(22-2)14(9)23-3/h5-7,13H,4,8H2,1-3H3,(H2,18,19,21). The Bertz CT molecular complexity index is 674. The van der Waals surface area contributed by atoms with E-state index in [1.165, 1.54) is 14.2 Å². The van der Waals surface area contributed by atoms with E-state index < -0.39 is 18.0 Å². The molecule has 0 aromatic heterocycles. The summed E-state index contributed by atoms with van der Waals surface area (Å²) in [5.74, 6) is 0.307. The van der Waals surface area contributed by atoms with Crippen LogP contribution < -0.4 is 20.1 Å². The van der Waals surface area contributed by atoms with Gasteiger partial charge in [-0.2, -0.15) is 0 Å². The van der Waals surface area contributed by atoms with E-state index in [-0.39, 0.29) is 18.1 Å². The molecule has 2 rings (SSSR count). The maximum absolute atomic E-state index is 12.4. The molecule has 0 bridgehead atoms. The number of amides is 2. The van der Waals surface area contributed by atoms with E-state index in [1.807, 2.05) is 0 Å². The Morgan fingerprint density at radius 1 is 1.29 bits per heavy atom.